The topological polar surface area (TPSA) is 68.6 Å². The van der Waals surface area contributed by atoms with Crippen molar-refractivity contribution in [3.63, 3.8) is 0 Å². The van der Waals surface area contributed by atoms with Crippen molar-refractivity contribution < 1.29 is 10.2 Å². The van der Waals surface area contributed by atoms with Gasteiger partial charge in [-0.1, -0.05) is 6.92 Å². The number of likely N-dealkylation sites (tertiary alicyclic amines) is 1. The third kappa shape index (κ3) is 4.15. The van der Waals surface area contributed by atoms with Gasteiger partial charge in [0.2, 0.25) is 0 Å². The predicted octanol–water partition coefficient (Wildman–Crippen LogP) is 1.55. The van der Waals surface area contributed by atoms with E-state index in [-0.39, 0.29) is 12.4 Å². The lowest BCUT2D eigenvalue weighted by atomic mass is 10.0. The van der Waals surface area contributed by atoms with Gasteiger partial charge in [-0.25, -0.2) is 0 Å². The maximum Gasteiger partial charge on any atom is 0.141 e. The number of aromatic nitrogens is 1. The van der Waals surface area contributed by atoms with E-state index in [0.717, 1.165) is 31.5 Å². The first kappa shape index (κ1) is 16.2. The van der Waals surface area contributed by atoms with Crippen LogP contribution in [0.5, 0.6) is 5.75 Å². The Morgan fingerprint density at radius 1 is 1.38 bits per heavy atom. The van der Waals surface area contributed by atoms with Gasteiger partial charge in [0.25, 0.3) is 0 Å². The molecule has 3 N–H and O–H groups in total. The Morgan fingerprint density at radius 3 is 2.71 bits per heavy atom. The van der Waals surface area contributed by atoms with Crippen LogP contribution in [0.15, 0.2) is 6.20 Å². The summed E-state index contributed by atoms with van der Waals surface area (Å²) in [6.45, 7) is 7.96. The second kappa shape index (κ2) is 7.73. The molecule has 0 saturated carbocycles. The number of aromatic hydroxyl groups is 1. The lowest BCUT2D eigenvalue weighted by Gasteiger charge is -2.32. The van der Waals surface area contributed by atoms with Crippen LogP contribution in [0.4, 0.5) is 0 Å². The lowest BCUT2D eigenvalue weighted by Crippen LogP contribution is -2.42. The molecule has 1 saturated heterocycles. The Morgan fingerprint density at radius 2 is 2.10 bits per heavy atom. The van der Waals surface area contributed by atoms with Crippen molar-refractivity contribution >= 4 is 0 Å². The number of aliphatic hydroxyl groups excluding tert-OH is 1. The molecule has 1 aliphatic rings. The molecule has 0 aromatic carbocycles. The second-order valence-electron chi connectivity index (χ2n) is 5.85. The molecule has 5 heteroatoms. The number of nitrogens with one attached hydrogen (secondary N) is 1. The van der Waals surface area contributed by atoms with Crippen molar-refractivity contribution in [1.29, 1.82) is 0 Å². The number of hydrogen-bond acceptors (Lipinski definition) is 5. The summed E-state index contributed by atoms with van der Waals surface area (Å²) in [5.74, 6) is 0.206. The fraction of sp³-hybridized carbons (Fsp3) is 0.688. The molecule has 2 rings (SSSR count). The van der Waals surface area contributed by atoms with Crippen molar-refractivity contribution in [1.82, 2.24) is 15.2 Å². The largest absolute Gasteiger partial charge is 0.506 e. The molecule has 0 amide bonds. The average molecular weight is 293 g/mol. The Kier molecular flexibility index (Phi) is 5.96. The number of rotatable bonds is 6. The van der Waals surface area contributed by atoms with Crippen molar-refractivity contribution in [2.24, 2.45) is 0 Å². The number of pyridine rings is 1. The SMILES string of the molecule is CCCN1CCC(NCc2c(CO)cnc(C)c2O)CC1. The smallest absolute Gasteiger partial charge is 0.141 e. The lowest BCUT2D eigenvalue weighted by molar-refractivity contribution is 0.197. The summed E-state index contributed by atoms with van der Waals surface area (Å²) in [6.07, 6.45) is 5.14. The summed E-state index contributed by atoms with van der Waals surface area (Å²) in [5, 5.41) is 23.0. The van der Waals surface area contributed by atoms with Crippen LogP contribution in [0.2, 0.25) is 0 Å². The van der Waals surface area contributed by atoms with Crippen molar-refractivity contribution in [2.75, 3.05) is 19.6 Å². The molecule has 2 heterocycles. The Balaban J connectivity index is 1.91. The van der Waals surface area contributed by atoms with Gasteiger partial charge in [-0.05, 0) is 45.8 Å². The van der Waals surface area contributed by atoms with E-state index >= 15 is 0 Å². The van der Waals surface area contributed by atoms with Crippen molar-refractivity contribution in [2.45, 2.75) is 52.3 Å². The van der Waals surface area contributed by atoms with E-state index in [9.17, 15) is 10.2 Å². The molecule has 118 valence electrons. The standard InChI is InChI=1S/C16H27N3O2/c1-3-6-19-7-4-14(5-8-19)18-10-15-13(11-20)9-17-12(2)16(15)21/h9,14,18,20-21H,3-8,10-11H2,1-2H3. The molecular weight excluding hydrogens is 266 g/mol. The molecule has 0 spiro atoms. The minimum atomic E-state index is -0.0905. The summed E-state index contributed by atoms with van der Waals surface area (Å²) in [4.78, 5) is 6.60. The molecule has 0 atom stereocenters. The van der Waals surface area contributed by atoms with E-state index in [0.29, 0.717) is 23.8 Å². The second-order valence-corrected chi connectivity index (χ2v) is 5.85. The molecule has 1 aromatic heterocycles. The fourth-order valence-corrected chi connectivity index (χ4v) is 2.94. The van der Waals surface area contributed by atoms with Crippen LogP contribution in [0, 0.1) is 6.92 Å². The Labute approximate surface area is 127 Å². The summed E-state index contributed by atoms with van der Waals surface area (Å²) in [5.41, 5.74) is 2.09. The number of aryl methyl sites for hydroxylation is 1. The van der Waals surface area contributed by atoms with E-state index in [1.54, 1.807) is 13.1 Å². The molecule has 0 unspecified atom stereocenters. The van der Waals surface area contributed by atoms with Crippen LogP contribution in [0.25, 0.3) is 0 Å². The number of nitrogens with zero attached hydrogens (tertiary/aromatic N) is 2. The maximum atomic E-state index is 10.1. The van der Waals surface area contributed by atoms with Gasteiger partial charge in [0.1, 0.15) is 5.75 Å². The molecule has 0 bridgehead atoms. The molecule has 21 heavy (non-hydrogen) atoms. The number of piperidine rings is 1. The Hall–Kier alpha value is -1.17. The van der Waals surface area contributed by atoms with E-state index < -0.39 is 0 Å². The molecule has 0 radical (unpaired) electrons. The zero-order valence-electron chi connectivity index (χ0n) is 13.1. The van der Waals surface area contributed by atoms with E-state index in [2.05, 4.69) is 22.1 Å². The summed E-state index contributed by atoms with van der Waals surface area (Å²) >= 11 is 0. The van der Waals surface area contributed by atoms with Gasteiger partial charge in [0.05, 0.1) is 12.3 Å². The molecule has 0 aliphatic carbocycles. The van der Waals surface area contributed by atoms with Gasteiger partial charge in [0.15, 0.2) is 0 Å². The minimum absolute atomic E-state index is 0.0905. The van der Waals surface area contributed by atoms with Crippen LogP contribution < -0.4 is 5.32 Å². The first-order chi connectivity index (χ1) is 10.2. The van der Waals surface area contributed by atoms with Gasteiger partial charge in [0, 0.05) is 29.9 Å². The van der Waals surface area contributed by atoms with Crippen LogP contribution in [-0.4, -0.2) is 45.8 Å². The highest BCUT2D eigenvalue weighted by atomic mass is 16.3. The average Bonchev–Trinajstić information content (AvgIpc) is 2.50. The third-order valence-corrected chi connectivity index (χ3v) is 4.30. The Bertz CT molecular complexity index is 457. The van der Waals surface area contributed by atoms with Crippen LogP contribution in [0.1, 0.15) is 43.0 Å². The number of hydrogen-bond donors (Lipinski definition) is 3. The van der Waals surface area contributed by atoms with Gasteiger partial charge in [-0.2, -0.15) is 0 Å². The quantitative estimate of drug-likeness (QED) is 0.742. The zero-order valence-corrected chi connectivity index (χ0v) is 13.1. The number of aliphatic hydroxyl groups is 1. The van der Waals surface area contributed by atoms with Crippen LogP contribution in [-0.2, 0) is 13.2 Å². The van der Waals surface area contributed by atoms with Gasteiger partial charge in [-0.3, -0.25) is 4.98 Å². The fourth-order valence-electron chi connectivity index (χ4n) is 2.94. The monoisotopic (exact) mass is 293 g/mol. The van der Waals surface area contributed by atoms with Crippen molar-refractivity contribution in [3.8, 4) is 5.75 Å². The molecule has 1 aliphatic heterocycles. The molecule has 1 aromatic rings. The van der Waals surface area contributed by atoms with Gasteiger partial charge >= 0.3 is 0 Å². The van der Waals surface area contributed by atoms with Crippen molar-refractivity contribution in [3.05, 3.63) is 23.0 Å². The van der Waals surface area contributed by atoms with E-state index in [1.165, 1.54) is 13.0 Å². The van der Waals surface area contributed by atoms with Crippen LogP contribution in [0.3, 0.4) is 0 Å². The highest BCUT2D eigenvalue weighted by molar-refractivity contribution is 5.40. The highest BCUT2D eigenvalue weighted by Crippen LogP contribution is 2.24. The zero-order chi connectivity index (χ0) is 15.2. The maximum absolute atomic E-state index is 10.1. The normalized spacial score (nSPS) is 17.3. The van der Waals surface area contributed by atoms with E-state index in [1.807, 2.05) is 0 Å². The van der Waals surface area contributed by atoms with Gasteiger partial charge in [-0.15, -0.1) is 0 Å². The summed E-state index contributed by atoms with van der Waals surface area (Å²) < 4.78 is 0. The molecule has 5 nitrogen and oxygen atoms in total. The first-order valence-corrected chi connectivity index (χ1v) is 7.88. The molecular formula is C16H27N3O2. The van der Waals surface area contributed by atoms with Gasteiger partial charge < -0.3 is 20.4 Å². The minimum Gasteiger partial charge on any atom is -0.506 e. The summed E-state index contributed by atoms with van der Waals surface area (Å²) in [7, 11) is 0. The first-order valence-electron chi connectivity index (χ1n) is 7.88. The predicted molar refractivity (Wildman–Crippen MR) is 83.2 cm³/mol. The van der Waals surface area contributed by atoms with Crippen LogP contribution >= 0.6 is 0 Å². The van der Waals surface area contributed by atoms with E-state index in [4.69, 9.17) is 0 Å². The molecule has 1 fully saturated rings. The summed E-state index contributed by atoms with van der Waals surface area (Å²) in [6, 6.07) is 0.484. The highest BCUT2D eigenvalue weighted by Gasteiger charge is 2.19. The third-order valence-electron chi connectivity index (χ3n) is 4.30.